The standard InChI is InChI=1S/C14H21N3O/c1-2-16-14(18)17-9-8-13(15)12(10-17)11-6-4-3-5-7-11/h3-7,12-13H,2,8-10,15H2,1H3,(H,16,18). The molecule has 4 heteroatoms. The summed E-state index contributed by atoms with van der Waals surface area (Å²) >= 11 is 0. The molecule has 0 radical (unpaired) electrons. The minimum atomic E-state index is 0.0188. The van der Waals surface area contributed by atoms with Gasteiger partial charge in [0.2, 0.25) is 0 Å². The van der Waals surface area contributed by atoms with E-state index in [0.717, 1.165) is 13.0 Å². The van der Waals surface area contributed by atoms with Gasteiger partial charge in [-0.05, 0) is 18.9 Å². The highest BCUT2D eigenvalue weighted by molar-refractivity contribution is 5.74. The van der Waals surface area contributed by atoms with E-state index in [1.807, 2.05) is 30.0 Å². The number of likely N-dealkylation sites (tertiary alicyclic amines) is 1. The molecule has 4 nitrogen and oxygen atoms in total. The molecule has 1 heterocycles. The van der Waals surface area contributed by atoms with E-state index in [2.05, 4.69) is 17.4 Å². The number of nitrogens with zero attached hydrogens (tertiary/aromatic N) is 1. The maximum atomic E-state index is 11.9. The first kappa shape index (κ1) is 12.9. The van der Waals surface area contributed by atoms with Gasteiger partial charge in [-0.2, -0.15) is 0 Å². The largest absolute Gasteiger partial charge is 0.338 e. The Balaban J connectivity index is 2.08. The average molecular weight is 247 g/mol. The van der Waals surface area contributed by atoms with Gasteiger partial charge in [-0.15, -0.1) is 0 Å². The van der Waals surface area contributed by atoms with Crippen LogP contribution >= 0.6 is 0 Å². The molecule has 1 aromatic carbocycles. The molecule has 0 spiro atoms. The van der Waals surface area contributed by atoms with Crippen LogP contribution in [-0.2, 0) is 0 Å². The van der Waals surface area contributed by atoms with Gasteiger partial charge in [-0.3, -0.25) is 0 Å². The van der Waals surface area contributed by atoms with Crippen molar-refractivity contribution < 1.29 is 4.79 Å². The molecule has 1 aliphatic rings. The molecule has 1 aliphatic heterocycles. The maximum absolute atomic E-state index is 11.9. The lowest BCUT2D eigenvalue weighted by molar-refractivity contribution is 0.173. The number of urea groups is 1. The van der Waals surface area contributed by atoms with Gasteiger partial charge in [-0.1, -0.05) is 30.3 Å². The van der Waals surface area contributed by atoms with Gasteiger partial charge >= 0.3 is 6.03 Å². The Morgan fingerprint density at radius 1 is 1.44 bits per heavy atom. The van der Waals surface area contributed by atoms with E-state index in [1.54, 1.807) is 0 Å². The Hall–Kier alpha value is -1.55. The molecular weight excluding hydrogens is 226 g/mol. The van der Waals surface area contributed by atoms with Gasteiger partial charge < -0.3 is 16.0 Å². The van der Waals surface area contributed by atoms with E-state index in [1.165, 1.54) is 5.56 Å². The van der Waals surface area contributed by atoms with E-state index in [9.17, 15) is 4.79 Å². The third-order valence-corrected chi connectivity index (χ3v) is 3.51. The monoisotopic (exact) mass is 247 g/mol. The van der Waals surface area contributed by atoms with Gasteiger partial charge in [0.1, 0.15) is 0 Å². The Morgan fingerprint density at radius 3 is 2.83 bits per heavy atom. The first-order valence-corrected chi connectivity index (χ1v) is 6.55. The van der Waals surface area contributed by atoms with Crippen LogP contribution in [0.1, 0.15) is 24.8 Å². The van der Waals surface area contributed by atoms with Gasteiger partial charge in [-0.25, -0.2) is 4.79 Å². The lowest BCUT2D eigenvalue weighted by Crippen LogP contribution is -2.51. The molecule has 2 rings (SSSR count). The Kier molecular flexibility index (Phi) is 4.20. The van der Waals surface area contributed by atoms with E-state index >= 15 is 0 Å². The zero-order chi connectivity index (χ0) is 13.0. The summed E-state index contributed by atoms with van der Waals surface area (Å²) < 4.78 is 0. The van der Waals surface area contributed by atoms with Crippen molar-refractivity contribution in [2.75, 3.05) is 19.6 Å². The highest BCUT2D eigenvalue weighted by Gasteiger charge is 2.29. The van der Waals surface area contributed by atoms with Crippen LogP contribution in [0.15, 0.2) is 30.3 Å². The molecule has 0 aliphatic carbocycles. The average Bonchev–Trinajstić information content (AvgIpc) is 2.40. The van der Waals surface area contributed by atoms with Gasteiger partial charge in [0, 0.05) is 31.6 Å². The van der Waals surface area contributed by atoms with Crippen molar-refractivity contribution in [2.24, 2.45) is 5.73 Å². The number of amides is 2. The topological polar surface area (TPSA) is 58.4 Å². The number of nitrogens with one attached hydrogen (secondary N) is 1. The van der Waals surface area contributed by atoms with Crippen molar-refractivity contribution in [3.63, 3.8) is 0 Å². The molecule has 1 fully saturated rings. The summed E-state index contributed by atoms with van der Waals surface area (Å²) in [7, 11) is 0. The molecule has 2 atom stereocenters. The van der Waals surface area contributed by atoms with Crippen LogP contribution in [-0.4, -0.2) is 36.6 Å². The predicted octanol–water partition coefficient (Wildman–Crippen LogP) is 1.53. The Bertz CT molecular complexity index is 393. The van der Waals surface area contributed by atoms with Crippen molar-refractivity contribution in [3.05, 3.63) is 35.9 Å². The third-order valence-electron chi connectivity index (χ3n) is 3.51. The Labute approximate surface area is 108 Å². The fourth-order valence-electron chi connectivity index (χ4n) is 2.47. The predicted molar refractivity (Wildman–Crippen MR) is 72.4 cm³/mol. The summed E-state index contributed by atoms with van der Waals surface area (Å²) in [5.74, 6) is 0.238. The molecule has 18 heavy (non-hydrogen) atoms. The number of nitrogens with two attached hydrogens (primary N) is 1. The summed E-state index contributed by atoms with van der Waals surface area (Å²) in [5, 5.41) is 2.85. The van der Waals surface area contributed by atoms with Crippen molar-refractivity contribution in [1.29, 1.82) is 0 Å². The SMILES string of the molecule is CCNC(=O)N1CCC(N)C(c2ccccc2)C1. The van der Waals surface area contributed by atoms with Crippen LogP contribution < -0.4 is 11.1 Å². The minimum Gasteiger partial charge on any atom is -0.338 e. The molecule has 0 saturated carbocycles. The number of piperidine rings is 1. The van der Waals surface area contributed by atoms with Crippen molar-refractivity contribution in [1.82, 2.24) is 10.2 Å². The number of carbonyl (C=O) groups is 1. The summed E-state index contributed by atoms with van der Waals surface area (Å²) in [6.45, 7) is 4.05. The summed E-state index contributed by atoms with van der Waals surface area (Å²) in [4.78, 5) is 13.7. The highest BCUT2D eigenvalue weighted by atomic mass is 16.2. The van der Waals surface area contributed by atoms with Crippen LogP contribution in [0.3, 0.4) is 0 Å². The van der Waals surface area contributed by atoms with Crippen molar-refractivity contribution in [2.45, 2.75) is 25.3 Å². The van der Waals surface area contributed by atoms with Gasteiger partial charge in [0.05, 0.1) is 0 Å². The minimum absolute atomic E-state index is 0.0188. The van der Waals surface area contributed by atoms with E-state index in [-0.39, 0.29) is 18.0 Å². The number of hydrogen-bond acceptors (Lipinski definition) is 2. The molecule has 2 unspecified atom stereocenters. The molecule has 0 aromatic heterocycles. The molecular formula is C14H21N3O. The zero-order valence-electron chi connectivity index (χ0n) is 10.8. The van der Waals surface area contributed by atoms with Gasteiger partial charge in [0.15, 0.2) is 0 Å². The van der Waals surface area contributed by atoms with Crippen LogP contribution in [0.4, 0.5) is 4.79 Å². The van der Waals surface area contributed by atoms with Crippen LogP contribution in [0.5, 0.6) is 0 Å². The molecule has 0 bridgehead atoms. The molecule has 1 aromatic rings. The number of benzene rings is 1. The van der Waals surface area contributed by atoms with E-state index < -0.39 is 0 Å². The fourth-order valence-corrected chi connectivity index (χ4v) is 2.47. The maximum Gasteiger partial charge on any atom is 0.317 e. The molecule has 3 N–H and O–H groups in total. The molecule has 2 amide bonds. The summed E-state index contributed by atoms with van der Waals surface area (Å²) in [5.41, 5.74) is 7.41. The number of carbonyl (C=O) groups excluding carboxylic acids is 1. The normalized spacial score (nSPS) is 23.8. The second-order valence-electron chi connectivity index (χ2n) is 4.75. The van der Waals surface area contributed by atoms with Crippen molar-refractivity contribution >= 4 is 6.03 Å². The lowest BCUT2D eigenvalue weighted by atomic mass is 9.87. The highest BCUT2D eigenvalue weighted by Crippen LogP contribution is 2.25. The third kappa shape index (κ3) is 2.82. The van der Waals surface area contributed by atoms with Gasteiger partial charge in [0.25, 0.3) is 0 Å². The zero-order valence-corrected chi connectivity index (χ0v) is 10.8. The van der Waals surface area contributed by atoms with Crippen LogP contribution in [0.25, 0.3) is 0 Å². The Morgan fingerprint density at radius 2 is 2.17 bits per heavy atom. The van der Waals surface area contributed by atoms with E-state index in [0.29, 0.717) is 13.1 Å². The first-order valence-electron chi connectivity index (χ1n) is 6.55. The summed E-state index contributed by atoms with van der Waals surface area (Å²) in [6, 6.07) is 10.4. The number of hydrogen-bond donors (Lipinski definition) is 2. The smallest absolute Gasteiger partial charge is 0.317 e. The summed E-state index contributed by atoms with van der Waals surface area (Å²) in [6.07, 6.45) is 0.858. The number of rotatable bonds is 2. The second-order valence-corrected chi connectivity index (χ2v) is 4.75. The lowest BCUT2D eigenvalue weighted by Gasteiger charge is -2.37. The molecule has 1 saturated heterocycles. The second kappa shape index (κ2) is 5.87. The van der Waals surface area contributed by atoms with Crippen molar-refractivity contribution in [3.8, 4) is 0 Å². The molecule has 98 valence electrons. The fraction of sp³-hybridized carbons (Fsp3) is 0.500. The quantitative estimate of drug-likeness (QED) is 0.832. The van der Waals surface area contributed by atoms with Crippen LogP contribution in [0.2, 0.25) is 0 Å². The van der Waals surface area contributed by atoms with Crippen LogP contribution in [0, 0.1) is 0 Å². The van der Waals surface area contributed by atoms with E-state index in [4.69, 9.17) is 5.73 Å². The first-order chi connectivity index (χ1) is 8.72.